The number of para-hydroxylation sites is 1. The van der Waals surface area contributed by atoms with Crippen molar-refractivity contribution in [3.63, 3.8) is 0 Å². The number of fused-ring (bicyclic) bond motifs is 1. The summed E-state index contributed by atoms with van der Waals surface area (Å²) in [6.07, 6.45) is 1.21. The molecule has 1 unspecified atom stereocenters. The summed E-state index contributed by atoms with van der Waals surface area (Å²) < 4.78 is 5.38. The topological polar surface area (TPSA) is 55.2 Å². The molecule has 0 amide bonds. The summed E-state index contributed by atoms with van der Waals surface area (Å²) in [7, 11) is 0. The van der Waals surface area contributed by atoms with Crippen molar-refractivity contribution in [1.29, 1.82) is 0 Å². The maximum Gasteiger partial charge on any atom is 0.117 e. The normalized spacial score (nSPS) is 13.1. The maximum absolute atomic E-state index is 9.84. The Morgan fingerprint density at radius 1 is 1.26 bits per heavy atom. The summed E-state index contributed by atoms with van der Waals surface area (Å²) in [6, 6.07) is 7.87. The van der Waals surface area contributed by atoms with Crippen molar-refractivity contribution < 1.29 is 9.84 Å². The zero-order valence-electron chi connectivity index (χ0n) is 11.1. The highest BCUT2D eigenvalue weighted by Crippen LogP contribution is 2.24. The van der Waals surface area contributed by atoms with Crippen LogP contribution < -0.4 is 0 Å². The van der Waals surface area contributed by atoms with E-state index in [2.05, 4.69) is 9.97 Å². The van der Waals surface area contributed by atoms with E-state index in [-0.39, 0.29) is 6.10 Å². The highest BCUT2D eigenvalue weighted by Gasteiger charge is 2.09. The molecule has 1 heterocycles. The molecule has 19 heavy (non-hydrogen) atoms. The third-order valence-corrected chi connectivity index (χ3v) is 3.69. The van der Waals surface area contributed by atoms with Gasteiger partial charge in [0, 0.05) is 11.1 Å². The summed E-state index contributed by atoms with van der Waals surface area (Å²) >= 11 is 1.53. The molecular formula is C14H18N2O2S. The zero-order chi connectivity index (χ0) is 13.7. The number of ether oxygens (including phenoxy) is 1. The minimum absolute atomic E-state index is 0.138. The lowest BCUT2D eigenvalue weighted by Gasteiger charge is -2.13. The van der Waals surface area contributed by atoms with Gasteiger partial charge in [0.05, 0.1) is 24.3 Å². The summed E-state index contributed by atoms with van der Waals surface area (Å²) in [6.45, 7) is 4.27. The van der Waals surface area contributed by atoms with Crippen molar-refractivity contribution in [2.45, 2.75) is 31.1 Å². The molecule has 102 valence electrons. The lowest BCUT2D eigenvalue weighted by atomic mass is 10.2. The number of benzene rings is 1. The smallest absolute Gasteiger partial charge is 0.117 e. The van der Waals surface area contributed by atoms with Crippen LogP contribution in [0.2, 0.25) is 0 Å². The summed E-state index contributed by atoms with van der Waals surface area (Å²) in [5, 5.41) is 11.8. The quantitative estimate of drug-likeness (QED) is 0.650. The van der Waals surface area contributed by atoms with Crippen molar-refractivity contribution in [2.24, 2.45) is 0 Å². The Bertz CT molecular complexity index is 528. The second-order valence-electron chi connectivity index (χ2n) is 4.54. The van der Waals surface area contributed by atoms with E-state index in [0.717, 1.165) is 15.9 Å². The van der Waals surface area contributed by atoms with Crippen molar-refractivity contribution in [3.8, 4) is 0 Å². The Morgan fingerprint density at radius 3 is 2.84 bits per heavy atom. The van der Waals surface area contributed by atoms with E-state index in [0.29, 0.717) is 12.4 Å². The van der Waals surface area contributed by atoms with Crippen molar-refractivity contribution in [1.82, 2.24) is 9.97 Å². The molecule has 2 rings (SSSR count). The Hall–Kier alpha value is -1.17. The Morgan fingerprint density at radius 2 is 2.05 bits per heavy atom. The summed E-state index contributed by atoms with van der Waals surface area (Å²) in [4.78, 5) is 8.49. The molecule has 1 atom stereocenters. The highest BCUT2D eigenvalue weighted by atomic mass is 32.2. The van der Waals surface area contributed by atoms with E-state index in [1.165, 1.54) is 11.8 Å². The fourth-order valence-corrected chi connectivity index (χ4v) is 2.52. The molecule has 0 saturated heterocycles. The largest absolute Gasteiger partial charge is 0.390 e. The molecule has 5 heteroatoms. The number of thioether (sulfide) groups is 1. The lowest BCUT2D eigenvalue weighted by Crippen LogP contribution is -2.20. The van der Waals surface area contributed by atoms with Gasteiger partial charge in [0.15, 0.2) is 0 Å². The molecule has 4 nitrogen and oxygen atoms in total. The molecule has 0 radical (unpaired) electrons. The van der Waals surface area contributed by atoms with Gasteiger partial charge in [0.1, 0.15) is 11.4 Å². The van der Waals surface area contributed by atoms with Crippen molar-refractivity contribution in [2.75, 3.05) is 12.4 Å². The number of aliphatic hydroxyl groups is 1. The van der Waals surface area contributed by atoms with Crippen LogP contribution in [-0.4, -0.2) is 39.6 Å². The van der Waals surface area contributed by atoms with Crippen molar-refractivity contribution >= 4 is 22.7 Å². The number of hydrogen-bond acceptors (Lipinski definition) is 5. The second-order valence-corrected chi connectivity index (χ2v) is 5.55. The van der Waals surface area contributed by atoms with Gasteiger partial charge >= 0.3 is 0 Å². The van der Waals surface area contributed by atoms with Crippen LogP contribution in [0.3, 0.4) is 0 Å². The van der Waals surface area contributed by atoms with Gasteiger partial charge < -0.3 is 9.84 Å². The third kappa shape index (κ3) is 4.16. The average Bonchev–Trinajstić information content (AvgIpc) is 2.42. The molecule has 1 N–H and O–H groups in total. The van der Waals surface area contributed by atoms with Gasteiger partial charge in [-0.15, -0.1) is 11.8 Å². The van der Waals surface area contributed by atoms with Crippen LogP contribution in [0.1, 0.15) is 13.8 Å². The molecule has 0 aliphatic rings. The van der Waals surface area contributed by atoms with Gasteiger partial charge in [-0.1, -0.05) is 18.2 Å². The van der Waals surface area contributed by atoms with Crippen LogP contribution in [0.15, 0.2) is 35.6 Å². The number of hydrogen-bond donors (Lipinski definition) is 1. The third-order valence-electron chi connectivity index (χ3n) is 2.54. The number of aliphatic hydroxyl groups excluding tert-OH is 1. The second kappa shape index (κ2) is 6.84. The van der Waals surface area contributed by atoms with Gasteiger partial charge in [-0.2, -0.15) is 0 Å². The maximum atomic E-state index is 9.84. The first-order valence-electron chi connectivity index (χ1n) is 6.29. The van der Waals surface area contributed by atoms with Crippen LogP contribution in [0.25, 0.3) is 10.9 Å². The van der Waals surface area contributed by atoms with Gasteiger partial charge in [-0.25, -0.2) is 9.97 Å². The molecule has 0 spiro atoms. The molecule has 1 aromatic heterocycles. The van der Waals surface area contributed by atoms with Crippen LogP contribution in [-0.2, 0) is 4.74 Å². The van der Waals surface area contributed by atoms with Crippen molar-refractivity contribution in [3.05, 3.63) is 30.6 Å². The molecule has 0 fully saturated rings. The molecule has 0 saturated carbocycles. The van der Waals surface area contributed by atoms with E-state index < -0.39 is 6.10 Å². The number of nitrogens with zero attached hydrogens (tertiary/aromatic N) is 2. The highest BCUT2D eigenvalue weighted by molar-refractivity contribution is 7.99. The predicted octanol–water partition coefficient (Wildman–Crippen LogP) is 2.51. The molecule has 0 aliphatic carbocycles. The van der Waals surface area contributed by atoms with E-state index in [1.807, 2.05) is 38.1 Å². The first-order chi connectivity index (χ1) is 9.16. The fraction of sp³-hybridized carbons (Fsp3) is 0.429. The van der Waals surface area contributed by atoms with E-state index >= 15 is 0 Å². The first kappa shape index (κ1) is 14.2. The standard InChI is InChI=1S/C14H18N2O2S/c1-10(2)18-7-11(17)8-19-14-12-5-3-4-6-13(12)15-9-16-14/h3-6,9-11,17H,7-8H2,1-2H3. The molecule has 0 aliphatic heterocycles. The Balaban J connectivity index is 1.98. The van der Waals surface area contributed by atoms with E-state index in [1.54, 1.807) is 6.33 Å². The lowest BCUT2D eigenvalue weighted by molar-refractivity contribution is 0.0152. The minimum Gasteiger partial charge on any atom is -0.390 e. The van der Waals surface area contributed by atoms with Crippen LogP contribution >= 0.6 is 11.8 Å². The molecule has 2 aromatic rings. The van der Waals surface area contributed by atoms with Crippen LogP contribution in [0.5, 0.6) is 0 Å². The fourth-order valence-electron chi connectivity index (χ4n) is 1.62. The molecular weight excluding hydrogens is 260 g/mol. The predicted molar refractivity (Wildman–Crippen MR) is 77.4 cm³/mol. The van der Waals surface area contributed by atoms with Crippen LogP contribution in [0.4, 0.5) is 0 Å². The van der Waals surface area contributed by atoms with Gasteiger partial charge in [0.2, 0.25) is 0 Å². The first-order valence-corrected chi connectivity index (χ1v) is 7.27. The van der Waals surface area contributed by atoms with Gasteiger partial charge in [-0.3, -0.25) is 0 Å². The number of rotatable bonds is 6. The van der Waals surface area contributed by atoms with Gasteiger partial charge in [-0.05, 0) is 19.9 Å². The Labute approximate surface area is 117 Å². The monoisotopic (exact) mass is 278 g/mol. The van der Waals surface area contributed by atoms with Gasteiger partial charge in [0.25, 0.3) is 0 Å². The Kier molecular flexibility index (Phi) is 5.13. The molecule has 1 aromatic carbocycles. The number of aromatic nitrogens is 2. The summed E-state index contributed by atoms with van der Waals surface area (Å²) in [5.41, 5.74) is 0.924. The summed E-state index contributed by atoms with van der Waals surface area (Å²) in [5.74, 6) is 0.563. The van der Waals surface area contributed by atoms with Crippen LogP contribution in [0, 0.1) is 0 Å². The molecule has 0 bridgehead atoms. The van der Waals surface area contributed by atoms with E-state index in [4.69, 9.17) is 4.74 Å². The average molecular weight is 278 g/mol. The zero-order valence-corrected chi connectivity index (χ0v) is 11.9. The van der Waals surface area contributed by atoms with E-state index in [9.17, 15) is 5.11 Å². The SMILES string of the molecule is CC(C)OCC(O)CSc1ncnc2ccccc12. The minimum atomic E-state index is -0.485.